The number of nitrogens with zero attached hydrogens (tertiary/aromatic N) is 1. The van der Waals surface area contributed by atoms with Gasteiger partial charge in [-0.1, -0.05) is 25.4 Å². The van der Waals surface area contributed by atoms with Gasteiger partial charge in [0.15, 0.2) is 0 Å². The van der Waals surface area contributed by atoms with E-state index in [2.05, 4.69) is 24.5 Å². The number of urea groups is 1. The number of hydrogen-bond acceptors (Lipinski definition) is 2. The SMILES string of the molecule is CC(C)CC1CN(C(=O)Nc2ccc(Cl)cc2)CCN1. The molecule has 0 aromatic heterocycles. The van der Waals surface area contributed by atoms with Gasteiger partial charge in [-0.2, -0.15) is 0 Å². The van der Waals surface area contributed by atoms with Crippen LogP contribution < -0.4 is 10.6 Å². The Labute approximate surface area is 125 Å². The lowest BCUT2D eigenvalue weighted by Gasteiger charge is -2.34. The monoisotopic (exact) mass is 295 g/mol. The van der Waals surface area contributed by atoms with Crippen LogP contribution in [-0.2, 0) is 0 Å². The molecule has 0 bridgehead atoms. The maximum atomic E-state index is 12.2. The van der Waals surface area contributed by atoms with Crippen LogP contribution in [0.3, 0.4) is 0 Å². The zero-order valence-electron chi connectivity index (χ0n) is 12.0. The van der Waals surface area contributed by atoms with Crippen molar-refractivity contribution in [1.29, 1.82) is 0 Å². The number of halogens is 1. The fourth-order valence-corrected chi connectivity index (χ4v) is 2.60. The molecule has 1 unspecified atom stereocenters. The number of carbonyl (C=O) groups excluding carboxylic acids is 1. The van der Waals surface area contributed by atoms with Gasteiger partial charge in [0.05, 0.1) is 0 Å². The molecule has 1 aliphatic rings. The summed E-state index contributed by atoms with van der Waals surface area (Å²) < 4.78 is 0. The number of piperazine rings is 1. The molecule has 0 saturated carbocycles. The lowest BCUT2D eigenvalue weighted by molar-refractivity contribution is 0.183. The van der Waals surface area contributed by atoms with Crippen molar-refractivity contribution in [3.8, 4) is 0 Å². The van der Waals surface area contributed by atoms with Gasteiger partial charge in [0, 0.05) is 36.4 Å². The Morgan fingerprint density at radius 1 is 1.45 bits per heavy atom. The Kier molecular flexibility index (Phi) is 5.26. The van der Waals surface area contributed by atoms with Crippen molar-refractivity contribution in [1.82, 2.24) is 10.2 Å². The van der Waals surface area contributed by atoms with E-state index in [1.54, 1.807) is 12.1 Å². The van der Waals surface area contributed by atoms with E-state index < -0.39 is 0 Å². The maximum Gasteiger partial charge on any atom is 0.321 e. The lowest BCUT2D eigenvalue weighted by Crippen LogP contribution is -2.54. The van der Waals surface area contributed by atoms with Crippen molar-refractivity contribution in [3.63, 3.8) is 0 Å². The Hall–Kier alpha value is -1.26. The van der Waals surface area contributed by atoms with E-state index in [-0.39, 0.29) is 6.03 Å². The second-order valence-corrected chi connectivity index (χ2v) is 6.10. The molecule has 1 saturated heterocycles. The molecule has 4 nitrogen and oxygen atoms in total. The number of amides is 2. The summed E-state index contributed by atoms with van der Waals surface area (Å²) in [7, 11) is 0. The minimum absolute atomic E-state index is 0.0393. The smallest absolute Gasteiger partial charge is 0.321 e. The molecule has 1 fully saturated rings. The molecule has 1 heterocycles. The highest BCUT2D eigenvalue weighted by Gasteiger charge is 2.23. The average Bonchev–Trinajstić information content (AvgIpc) is 2.41. The van der Waals surface area contributed by atoms with E-state index >= 15 is 0 Å². The Balaban J connectivity index is 1.90. The third-order valence-electron chi connectivity index (χ3n) is 3.39. The first kappa shape index (κ1) is 15.1. The quantitative estimate of drug-likeness (QED) is 0.899. The number of benzene rings is 1. The normalized spacial score (nSPS) is 19.2. The van der Waals surface area contributed by atoms with E-state index in [0.717, 1.165) is 31.7 Å². The molecular formula is C15H22ClN3O. The number of rotatable bonds is 3. The minimum atomic E-state index is -0.0393. The molecule has 2 rings (SSSR count). The topological polar surface area (TPSA) is 44.4 Å². The van der Waals surface area contributed by atoms with Gasteiger partial charge in [0.25, 0.3) is 0 Å². The Bertz CT molecular complexity index is 447. The Morgan fingerprint density at radius 2 is 2.15 bits per heavy atom. The molecule has 0 aliphatic carbocycles. The van der Waals surface area contributed by atoms with Crippen molar-refractivity contribution < 1.29 is 4.79 Å². The van der Waals surface area contributed by atoms with Crippen molar-refractivity contribution in [2.24, 2.45) is 5.92 Å². The molecule has 2 amide bonds. The fraction of sp³-hybridized carbons (Fsp3) is 0.533. The first-order chi connectivity index (χ1) is 9.54. The Morgan fingerprint density at radius 3 is 2.80 bits per heavy atom. The van der Waals surface area contributed by atoms with Crippen molar-refractivity contribution in [2.75, 3.05) is 25.0 Å². The highest BCUT2D eigenvalue weighted by Crippen LogP contribution is 2.15. The van der Waals surface area contributed by atoms with Gasteiger partial charge in [-0.25, -0.2) is 4.79 Å². The van der Waals surface area contributed by atoms with Crippen LogP contribution in [0.5, 0.6) is 0 Å². The van der Waals surface area contributed by atoms with Crippen molar-refractivity contribution in [2.45, 2.75) is 26.3 Å². The van der Waals surface area contributed by atoms with Crippen LogP contribution in [0.4, 0.5) is 10.5 Å². The summed E-state index contributed by atoms with van der Waals surface area (Å²) in [6.07, 6.45) is 1.09. The van der Waals surface area contributed by atoms with Crippen LogP contribution in [0.25, 0.3) is 0 Å². The average molecular weight is 296 g/mol. The van der Waals surface area contributed by atoms with E-state index in [1.807, 2.05) is 17.0 Å². The van der Waals surface area contributed by atoms with E-state index in [9.17, 15) is 4.79 Å². The predicted octanol–water partition coefficient (Wildman–Crippen LogP) is 3.19. The summed E-state index contributed by atoms with van der Waals surface area (Å²) in [5, 5.41) is 7.05. The molecule has 0 radical (unpaired) electrons. The number of nitrogens with one attached hydrogen (secondary N) is 2. The molecule has 2 N–H and O–H groups in total. The maximum absolute atomic E-state index is 12.2. The largest absolute Gasteiger partial charge is 0.322 e. The molecule has 110 valence electrons. The van der Waals surface area contributed by atoms with Crippen molar-refractivity contribution >= 4 is 23.3 Å². The number of hydrogen-bond donors (Lipinski definition) is 2. The van der Waals surface area contributed by atoms with Gasteiger partial charge >= 0.3 is 6.03 Å². The van der Waals surface area contributed by atoms with Crippen molar-refractivity contribution in [3.05, 3.63) is 29.3 Å². The molecule has 1 atom stereocenters. The number of anilines is 1. The van der Waals surface area contributed by atoms with Gasteiger partial charge in [-0.3, -0.25) is 0 Å². The third kappa shape index (κ3) is 4.39. The summed E-state index contributed by atoms with van der Waals surface area (Å²) in [6.45, 7) is 6.76. The summed E-state index contributed by atoms with van der Waals surface area (Å²) in [5.41, 5.74) is 0.776. The van der Waals surface area contributed by atoms with Gasteiger partial charge in [0.2, 0.25) is 0 Å². The van der Waals surface area contributed by atoms with E-state index in [0.29, 0.717) is 17.0 Å². The summed E-state index contributed by atoms with van der Waals surface area (Å²) in [5.74, 6) is 0.631. The standard InChI is InChI=1S/C15H22ClN3O/c1-11(2)9-14-10-19(8-7-17-14)15(20)18-13-5-3-12(16)4-6-13/h3-6,11,14,17H,7-10H2,1-2H3,(H,18,20). The summed E-state index contributed by atoms with van der Waals surface area (Å²) in [6, 6.07) is 7.52. The lowest BCUT2D eigenvalue weighted by atomic mass is 10.0. The van der Waals surface area contributed by atoms with Crippen LogP contribution in [0.15, 0.2) is 24.3 Å². The molecule has 1 aromatic carbocycles. The first-order valence-electron chi connectivity index (χ1n) is 7.09. The second kappa shape index (κ2) is 6.95. The van der Waals surface area contributed by atoms with E-state index in [1.165, 1.54) is 0 Å². The minimum Gasteiger partial charge on any atom is -0.322 e. The van der Waals surface area contributed by atoms with Crippen LogP contribution in [0.2, 0.25) is 5.02 Å². The van der Waals surface area contributed by atoms with Gasteiger partial charge in [-0.15, -0.1) is 0 Å². The predicted molar refractivity (Wildman–Crippen MR) is 83.3 cm³/mol. The van der Waals surface area contributed by atoms with Crippen LogP contribution in [0.1, 0.15) is 20.3 Å². The summed E-state index contributed by atoms with van der Waals surface area (Å²) >= 11 is 5.83. The molecule has 20 heavy (non-hydrogen) atoms. The van der Waals surface area contributed by atoms with Gasteiger partial charge < -0.3 is 15.5 Å². The van der Waals surface area contributed by atoms with Gasteiger partial charge in [-0.05, 0) is 36.6 Å². The van der Waals surface area contributed by atoms with E-state index in [4.69, 9.17) is 11.6 Å². The summed E-state index contributed by atoms with van der Waals surface area (Å²) in [4.78, 5) is 14.1. The molecule has 1 aromatic rings. The molecular weight excluding hydrogens is 274 g/mol. The van der Waals surface area contributed by atoms with Crippen LogP contribution in [-0.4, -0.2) is 36.6 Å². The fourth-order valence-electron chi connectivity index (χ4n) is 2.47. The third-order valence-corrected chi connectivity index (χ3v) is 3.65. The van der Waals surface area contributed by atoms with Crippen LogP contribution in [0, 0.1) is 5.92 Å². The molecule has 1 aliphatic heterocycles. The zero-order chi connectivity index (χ0) is 14.5. The highest BCUT2D eigenvalue weighted by molar-refractivity contribution is 6.30. The molecule has 0 spiro atoms. The molecule has 5 heteroatoms. The number of carbonyl (C=O) groups is 1. The van der Waals surface area contributed by atoms with Gasteiger partial charge in [0.1, 0.15) is 0 Å². The van der Waals surface area contributed by atoms with Crippen LogP contribution >= 0.6 is 11.6 Å². The first-order valence-corrected chi connectivity index (χ1v) is 7.47. The second-order valence-electron chi connectivity index (χ2n) is 5.66. The highest BCUT2D eigenvalue weighted by atomic mass is 35.5. The zero-order valence-corrected chi connectivity index (χ0v) is 12.8.